The standard InChI is InChI=1S/C14H16ClF3N2/c1-2-11(19)5-9-7-20(8-14(16,17)18)13-6-10(15)3-4-12(9)13/h3-4,6-7,11H,2,5,8,19H2,1H3. The molecule has 0 saturated carbocycles. The van der Waals surface area contributed by atoms with E-state index in [9.17, 15) is 13.2 Å². The number of alkyl halides is 3. The maximum atomic E-state index is 12.6. The van der Waals surface area contributed by atoms with Crippen molar-refractivity contribution in [2.45, 2.75) is 38.5 Å². The number of nitrogens with two attached hydrogens (primary N) is 1. The predicted molar refractivity (Wildman–Crippen MR) is 75.0 cm³/mol. The van der Waals surface area contributed by atoms with E-state index in [4.69, 9.17) is 17.3 Å². The number of halogens is 4. The number of benzene rings is 1. The van der Waals surface area contributed by atoms with E-state index in [1.165, 1.54) is 10.8 Å². The average Bonchev–Trinajstić information content (AvgIpc) is 2.64. The molecule has 0 aliphatic rings. The second-order valence-corrected chi connectivity index (χ2v) is 5.37. The Morgan fingerprint density at radius 2 is 2.05 bits per heavy atom. The van der Waals surface area contributed by atoms with Gasteiger partial charge in [-0.25, -0.2) is 0 Å². The van der Waals surface area contributed by atoms with Crippen LogP contribution >= 0.6 is 11.6 Å². The van der Waals surface area contributed by atoms with Crippen molar-refractivity contribution < 1.29 is 13.2 Å². The van der Waals surface area contributed by atoms with E-state index in [-0.39, 0.29) is 6.04 Å². The van der Waals surface area contributed by atoms with E-state index in [1.54, 1.807) is 18.2 Å². The molecule has 6 heteroatoms. The van der Waals surface area contributed by atoms with Crippen LogP contribution in [0.5, 0.6) is 0 Å². The highest BCUT2D eigenvalue weighted by Crippen LogP contribution is 2.28. The smallest absolute Gasteiger partial charge is 0.338 e. The van der Waals surface area contributed by atoms with E-state index in [1.807, 2.05) is 6.92 Å². The van der Waals surface area contributed by atoms with Gasteiger partial charge in [-0.05, 0) is 30.5 Å². The average molecular weight is 305 g/mol. The Morgan fingerprint density at radius 3 is 2.65 bits per heavy atom. The molecule has 2 rings (SSSR count). The first-order chi connectivity index (χ1) is 9.30. The van der Waals surface area contributed by atoms with Crippen LogP contribution in [0.1, 0.15) is 18.9 Å². The van der Waals surface area contributed by atoms with Crippen molar-refractivity contribution in [3.8, 4) is 0 Å². The molecule has 0 aliphatic carbocycles. The summed E-state index contributed by atoms with van der Waals surface area (Å²) in [5.41, 5.74) is 7.23. The maximum Gasteiger partial charge on any atom is 0.406 e. The number of nitrogens with zero attached hydrogens (tertiary/aromatic N) is 1. The topological polar surface area (TPSA) is 30.9 Å². The zero-order valence-electron chi connectivity index (χ0n) is 11.0. The van der Waals surface area contributed by atoms with E-state index in [0.29, 0.717) is 17.0 Å². The molecule has 1 unspecified atom stereocenters. The highest BCUT2D eigenvalue weighted by Gasteiger charge is 2.29. The molecule has 0 bridgehead atoms. The van der Waals surface area contributed by atoms with Crippen LogP contribution < -0.4 is 5.73 Å². The Bertz CT molecular complexity index is 604. The number of rotatable bonds is 4. The SMILES string of the molecule is CCC(N)Cc1cn(CC(F)(F)F)c2cc(Cl)ccc12. The monoisotopic (exact) mass is 304 g/mol. The Labute approximate surface area is 120 Å². The third-order valence-electron chi connectivity index (χ3n) is 3.28. The predicted octanol–water partition coefficient (Wildman–Crippen LogP) is 4.14. The molecule has 0 fully saturated rings. The van der Waals surface area contributed by atoms with Gasteiger partial charge in [-0.15, -0.1) is 0 Å². The first-order valence-electron chi connectivity index (χ1n) is 6.39. The Balaban J connectivity index is 2.48. The number of hydrogen-bond donors (Lipinski definition) is 1. The Hall–Kier alpha value is -1.20. The third-order valence-corrected chi connectivity index (χ3v) is 3.52. The van der Waals surface area contributed by atoms with Crippen LogP contribution in [-0.2, 0) is 13.0 Å². The van der Waals surface area contributed by atoms with Gasteiger partial charge in [-0.1, -0.05) is 24.6 Å². The number of aromatic nitrogens is 1. The van der Waals surface area contributed by atoms with Gasteiger partial charge in [0, 0.05) is 22.6 Å². The lowest BCUT2D eigenvalue weighted by Crippen LogP contribution is -2.21. The van der Waals surface area contributed by atoms with Gasteiger partial charge in [0.15, 0.2) is 0 Å². The van der Waals surface area contributed by atoms with Gasteiger partial charge in [0.1, 0.15) is 6.54 Å². The van der Waals surface area contributed by atoms with Crippen molar-refractivity contribution in [2.24, 2.45) is 5.73 Å². The van der Waals surface area contributed by atoms with Crippen LogP contribution in [-0.4, -0.2) is 16.8 Å². The van der Waals surface area contributed by atoms with Gasteiger partial charge in [-0.2, -0.15) is 13.2 Å². The Morgan fingerprint density at radius 1 is 1.35 bits per heavy atom. The van der Waals surface area contributed by atoms with Crippen molar-refractivity contribution in [2.75, 3.05) is 0 Å². The van der Waals surface area contributed by atoms with E-state index in [2.05, 4.69) is 0 Å². The molecule has 0 saturated heterocycles. The minimum absolute atomic E-state index is 0.0596. The summed E-state index contributed by atoms with van der Waals surface area (Å²) in [7, 11) is 0. The van der Waals surface area contributed by atoms with Crippen LogP contribution in [0.2, 0.25) is 5.02 Å². The zero-order chi connectivity index (χ0) is 14.9. The molecule has 1 heterocycles. The number of fused-ring (bicyclic) bond motifs is 1. The van der Waals surface area contributed by atoms with Crippen LogP contribution in [0.15, 0.2) is 24.4 Å². The molecule has 2 nitrogen and oxygen atoms in total. The van der Waals surface area contributed by atoms with Crippen molar-refractivity contribution >= 4 is 22.5 Å². The molecule has 1 atom stereocenters. The van der Waals surface area contributed by atoms with Crippen molar-refractivity contribution in [3.63, 3.8) is 0 Å². The van der Waals surface area contributed by atoms with Gasteiger partial charge in [0.2, 0.25) is 0 Å². The van der Waals surface area contributed by atoms with Gasteiger partial charge >= 0.3 is 6.18 Å². The fourth-order valence-electron chi connectivity index (χ4n) is 2.25. The molecule has 0 spiro atoms. The van der Waals surface area contributed by atoms with Gasteiger partial charge in [-0.3, -0.25) is 0 Å². The second-order valence-electron chi connectivity index (χ2n) is 4.93. The molecule has 0 radical (unpaired) electrons. The zero-order valence-corrected chi connectivity index (χ0v) is 11.8. The molecule has 0 aliphatic heterocycles. The largest absolute Gasteiger partial charge is 0.406 e. The minimum Gasteiger partial charge on any atom is -0.338 e. The lowest BCUT2D eigenvalue weighted by Gasteiger charge is -2.09. The summed E-state index contributed by atoms with van der Waals surface area (Å²) >= 11 is 5.88. The van der Waals surface area contributed by atoms with E-state index < -0.39 is 12.7 Å². The van der Waals surface area contributed by atoms with Crippen LogP contribution in [0, 0.1) is 0 Å². The molecule has 20 heavy (non-hydrogen) atoms. The molecule has 0 amide bonds. The summed E-state index contributed by atoms with van der Waals surface area (Å²) in [6.07, 6.45) is -1.40. The summed E-state index contributed by atoms with van der Waals surface area (Å²) in [5, 5.41) is 1.20. The normalized spacial score (nSPS) is 13.9. The van der Waals surface area contributed by atoms with Gasteiger partial charge < -0.3 is 10.3 Å². The second kappa shape index (κ2) is 5.66. The summed E-state index contributed by atoms with van der Waals surface area (Å²) in [4.78, 5) is 0. The van der Waals surface area contributed by atoms with Gasteiger partial charge in [0.25, 0.3) is 0 Å². The molecule has 1 aromatic heterocycles. The fourth-order valence-corrected chi connectivity index (χ4v) is 2.42. The van der Waals surface area contributed by atoms with Crippen molar-refractivity contribution in [1.29, 1.82) is 0 Å². The first-order valence-corrected chi connectivity index (χ1v) is 6.77. The molecular formula is C14H16ClF3N2. The number of hydrogen-bond acceptors (Lipinski definition) is 1. The summed E-state index contributed by atoms with van der Waals surface area (Å²) in [6, 6.07) is 4.94. The highest BCUT2D eigenvalue weighted by atomic mass is 35.5. The maximum absolute atomic E-state index is 12.6. The van der Waals surface area contributed by atoms with Crippen molar-refractivity contribution in [3.05, 3.63) is 35.0 Å². The minimum atomic E-state index is -4.27. The molecule has 1 aromatic carbocycles. The first kappa shape index (κ1) is 15.2. The molecule has 110 valence electrons. The Kier molecular flexibility index (Phi) is 4.30. The highest BCUT2D eigenvalue weighted by molar-refractivity contribution is 6.31. The van der Waals surface area contributed by atoms with Crippen LogP contribution in [0.3, 0.4) is 0 Å². The molecule has 2 aromatic rings. The summed E-state index contributed by atoms with van der Waals surface area (Å²) in [6.45, 7) is 0.932. The van der Waals surface area contributed by atoms with Gasteiger partial charge in [0.05, 0.1) is 5.52 Å². The fraction of sp³-hybridized carbons (Fsp3) is 0.429. The third kappa shape index (κ3) is 3.46. The summed E-state index contributed by atoms with van der Waals surface area (Å²) < 4.78 is 39.1. The lowest BCUT2D eigenvalue weighted by molar-refractivity contribution is -0.139. The lowest BCUT2D eigenvalue weighted by atomic mass is 10.0. The van der Waals surface area contributed by atoms with Crippen molar-refractivity contribution in [1.82, 2.24) is 4.57 Å². The molecule has 2 N–H and O–H groups in total. The van der Waals surface area contributed by atoms with Crippen LogP contribution in [0.4, 0.5) is 13.2 Å². The van der Waals surface area contributed by atoms with Crippen LogP contribution in [0.25, 0.3) is 10.9 Å². The van der Waals surface area contributed by atoms with E-state index >= 15 is 0 Å². The quantitative estimate of drug-likeness (QED) is 0.904. The summed E-state index contributed by atoms with van der Waals surface area (Å²) in [5.74, 6) is 0. The van der Waals surface area contributed by atoms with E-state index in [0.717, 1.165) is 17.4 Å². The molecular weight excluding hydrogens is 289 g/mol.